The van der Waals surface area contributed by atoms with Crippen molar-refractivity contribution < 1.29 is 14.0 Å². The number of carbonyl (C=O) groups excluding carboxylic acids is 2. The molecule has 2 rings (SSSR count). The van der Waals surface area contributed by atoms with Gasteiger partial charge in [-0.25, -0.2) is 4.39 Å². The molecular weight excluding hydrogens is 303 g/mol. The number of hydrogen-bond donors (Lipinski definition) is 0. The van der Waals surface area contributed by atoms with Crippen molar-refractivity contribution in [1.82, 2.24) is 9.80 Å². The summed E-state index contributed by atoms with van der Waals surface area (Å²) in [6.07, 6.45) is 0. The standard InChI is InChI=1S/C12H12BrFN2O2/c1-15-4-5-16(7-11(15)17)12(18)9-3-2-8(13)6-10(9)14/h2-3,6H,4-5,7H2,1H3. The van der Waals surface area contributed by atoms with Gasteiger partial charge in [-0.3, -0.25) is 9.59 Å². The first-order chi connectivity index (χ1) is 8.49. The SMILES string of the molecule is CN1CCN(C(=O)c2ccc(Br)cc2F)CC1=O. The predicted octanol–water partition coefficient (Wildman–Crippen LogP) is 1.50. The smallest absolute Gasteiger partial charge is 0.257 e. The number of rotatable bonds is 1. The highest BCUT2D eigenvalue weighted by atomic mass is 79.9. The molecule has 0 bridgehead atoms. The fourth-order valence-electron chi connectivity index (χ4n) is 1.77. The van der Waals surface area contributed by atoms with E-state index in [2.05, 4.69) is 15.9 Å². The molecule has 0 spiro atoms. The van der Waals surface area contributed by atoms with E-state index >= 15 is 0 Å². The van der Waals surface area contributed by atoms with Gasteiger partial charge in [0.1, 0.15) is 12.4 Å². The van der Waals surface area contributed by atoms with Crippen molar-refractivity contribution in [2.45, 2.75) is 0 Å². The Morgan fingerprint density at radius 2 is 2.11 bits per heavy atom. The number of hydrogen-bond acceptors (Lipinski definition) is 2. The van der Waals surface area contributed by atoms with E-state index in [-0.39, 0.29) is 18.0 Å². The number of benzene rings is 1. The van der Waals surface area contributed by atoms with Crippen LogP contribution in [0.25, 0.3) is 0 Å². The monoisotopic (exact) mass is 314 g/mol. The van der Waals surface area contributed by atoms with E-state index in [9.17, 15) is 14.0 Å². The second-order valence-corrected chi connectivity index (χ2v) is 5.08. The van der Waals surface area contributed by atoms with E-state index in [4.69, 9.17) is 0 Å². The summed E-state index contributed by atoms with van der Waals surface area (Å²) in [5, 5.41) is 0. The molecule has 18 heavy (non-hydrogen) atoms. The highest BCUT2D eigenvalue weighted by Crippen LogP contribution is 2.17. The fourth-order valence-corrected chi connectivity index (χ4v) is 2.10. The normalized spacial score (nSPS) is 16.1. The Kier molecular flexibility index (Phi) is 3.65. The lowest BCUT2D eigenvalue weighted by molar-refractivity contribution is -0.133. The Morgan fingerprint density at radius 3 is 2.72 bits per heavy atom. The lowest BCUT2D eigenvalue weighted by Crippen LogP contribution is -2.50. The first kappa shape index (κ1) is 13.0. The van der Waals surface area contributed by atoms with Gasteiger partial charge in [0.25, 0.3) is 5.91 Å². The molecule has 1 saturated heterocycles. The van der Waals surface area contributed by atoms with Crippen LogP contribution in [0.2, 0.25) is 0 Å². The van der Waals surface area contributed by atoms with E-state index in [1.54, 1.807) is 18.0 Å². The highest BCUT2D eigenvalue weighted by molar-refractivity contribution is 9.10. The molecule has 1 aromatic carbocycles. The lowest BCUT2D eigenvalue weighted by Gasteiger charge is -2.32. The van der Waals surface area contributed by atoms with Crippen LogP contribution in [0.5, 0.6) is 0 Å². The minimum atomic E-state index is -0.583. The van der Waals surface area contributed by atoms with Crippen molar-refractivity contribution in [3.05, 3.63) is 34.1 Å². The predicted molar refractivity (Wildman–Crippen MR) is 67.6 cm³/mol. The van der Waals surface area contributed by atoms with E-state index in [0.29, 0.717) is 17.6 Å². The quantitative estimate of drug-likeness (QED) is 0.788. The third kappa shape index (κ3) is 2.53. The minimum Gasteiger partial charge on any atom is -0.342 e. The number of carbonyl (C=O) groups is 2. The fraction of sp³-hybridized carbons (Fsp3) is 0.333. The van der Waals surface area contributed by atoms with Crippen LogP contribution in [-0.4, -0.2) is 48.3 Å². The van der Waals surface area contributed by atoms with Gasteiger partial charge < -0.3 is 9.80 Å². The summed E-state index contributed by atoms with van der Waals surface area (Å²) in [4.78, 5) is 26.5. The van der Waals surface area contributed by atoms with Crippen LogP contribution >= 0.6 is 15.9 Å². The molecule has 96 valence electrons. The van der Waals surface area contributed by atoms with Gasteiger partial charge in [0.05, 0.1) is 5.56 Å². The number of amides is 2. The summed E-state index contributed by atoms with van der Waals surface area (Å²) in [5.74, 6) is -1.16. The zero-order valence-electron chi connectivity index (χ0n) is 9.82. The van der Waals surface area contributed by atoms with Crippen molar-refractivity contribution in [2.75, 3.05) is 26.7 Å². The summed E-state index contributed by atoms with van der Waals surface area (Å²) in [7, 11) is 1.68. The zero-order chi connectivity index (χ0) is 13.3. The topological polar surface area (TPSA) is 40.6 Å². The first-order valence-electron chi connectivity index (χ1n) is 5.47. The van der Waals surface area contributed by atoms with Crippen molar-refractivity contribution in [2.24, 2.45) is 0 Å². The first-order valence-corrected chi connectivity index (χ1v) is 6.26. The van der Waals surface area contributed by atoms with Crippen LogP contribution in [0.3, 0.4) is 0 Å². The number of likely N-dealkylation sites (N-methyl/N-ethyl adjacent to an activating group) is 1. The van der Waals surface area contributed by atoms with Gasteiger partial charge in [0, 0.05) is 24.6 Å². The molecule has 1 aromatic rings. The summed E-state index contributed by atoms with van der Waals surface area (Å²) in [6.45, 7) is 0.907. The van der Waals surface area contributed by atoms with Crippen molar-refractivity contribution in [3.63, 3.8) is 0 Å². The maximum atomic E-state index is 13.7. The molecule has 1 fully saturated rings. The van der Waals surface area contributed by atoms with E-state index in [1.807, 2.05) is 0 Å². The maximum Gasteiger partial charge on any atom is 0.257 e. The minimum absolute atomic E-state index is 0.00412. The van der Waals surface area contributed by atoms with Crippen LogP contribution in [0.1, 0.15) is 10.4 Å². The van der Waals surface area contributed by atoms with Gasteiger partial charge in [-0.15, -0.1) is 0 Å². The molecule has 0 aliphatic carbocycles. The molecular formula is C12H12BrFN2O2. The Hall–Kier alpha value is -1.43. The van der Waals surface area contributed by atoms with Gasteiger partial charge in [-0.1, -0.05) is 15.9 Å². The van der Waals surface area contributed by atoms with E-state index in [1.165, 1.54) is 17.0 Å². The number of halogens is 2. The maximum absolute atomic E-state index is 13.7. The molecule has 1 heterocycles. The van der Waals surface area contributed by atoms with Crippen LogP contribution in [0.4, 0.5) is 4.39 Å². The Bertz CT molecular complexity index is 507. The van der Waals surface area contributed by atoms with Crippen LogP contribution < -0.4 is 0 Å². The Morgan fingerprint density at radius 1 is 1.39 bits per heavy atom. The van der Waals surface area contributed by atoms with E-state index < -0.39 is 11.7 Å². The molecule has 0 unspecified atom stereocenters. The molecule has 1 aliphatic rings. The molecule has 0 atom stereocenters. The third-order valence-electron chi connectivity index (χ3n) is 2.91. The third-order valence-corrected chi connectivity index (χ3v) is 3.40. The molecule has 0 N–H and O–H groups in total. The lowest BCUT2D eigenvalue weighted by atomic mass is 10.1. The van der Waals surface area contributed by atoms with Gasteiger partial charge in [0.15, 0.2) is 0 Å². The van der Waals surface area contributed by atoms with Crippen LogP contribution in [0.15, 0.2) is 22.7 Å². The van der Waals surface area contributed by atoms with Gasteiger partial charge >= 0.3 is 0 Å². The van der Waals surface area contributed by atoms with Gasteiger partial charge in [0.2, 0.25) is 5.91 Å². The molecule has 6 heteroatoms. The van der Waals surface area contributed by atoms with Crippen molar-refractivity contribution in [3.8, 4) is 0 Å². The Labute approximate surface area is 112 Å². The summed E-state index contributed by atoms with van der Waals surface area (Å²) < 4.78 is 14.2. The summed E-state index contributed by atoms with van der Waals surface area (Å²) in [5.41, 5.74) is -0.00412. The average molecular weight is 315 g/mol. The average Bonchev–Trinajstić information content (AvgIpc) is 2.32. The summed E-state index contributed by atoms with van der Waals surface area (Å²) >= 11 is 3.13. The molecule has 0 saturated carbocycles. The molecule has 2 amide bonds. The summed E-state index contributed by atoms with van der Waals surface area (Å²) in [6, 6.07) is 4.27. The molecule has 1 aliphatic heterocycles. The zero-order valence-corrected chi connectivity index (χ0v) is 11.4. The van der Waals surface area contributed by atoms with Crippen LogP contribution in [-0.2, 0) is 4.79 Å². The van der Waals surface area contributed by atoms with Crippen LogP contribution in [0, 0.1) is 5.82 Å². The number of nitrogens with zero attached hydrogens (tertiary/aromatic N) is 2. The second kappa shape index (κ2) is 5.06. The highest BCUT2D eigenvalue weighted by Gasteiger charge is 2.26. The second-order valence-electron chi connectivity index (χ2n) is 4.17. The van der Waals surface area contributed by atoms with Crippen molar-refractivity contribution >= 4 is 27.7 Å². The molecule has 0 aromatic heterocycles. The Balaban J connectivity index is 2.19. The molecule has 4 nitrogen and oxygen atoms in total. The molecule has 0 radical (unpaired) electrons. The van der Waals surface area contributed by atoms with Gasteiger partial charge in [-0.2, -0.15) is 0 Å². The van der Waals surface area contributed by atoms with E-state index in [0.717, 1.165) is 0 Å². The largest absolute Gasteiger partial charge is 0.342 e. The van der Waals surface area contributed by atoms with Gasteiger partial charge in [-0.05, 0) is 18.2 Å². The van der Waals surface area contributed by atoms with Crippen molar-refractivity contribution in [1.29, 1.82) is 0 Å². The number of piperazine rings is 1.